The van der Waals surface area contributed by atoms with Crippen molar-refractivity contribution in [2.24, 2.45) is 11.8 Å². The van der Waals surface area contributed by atoms with Crippen LogP contribution in [0.25, 0.3) is 0 Å². The van der Waals surface area contributed by atoms with Crippen molar-refractivity contribution in [2.75, 3.05) is 27.3 Å². The summed E-state index contributed by atoms with van der Waals surface area (Å²) >= 11 is 3.41. The van der Waals surface area contributed by atoms with E-state index in [-0.39, 0.29) is 23.8 Å². The van der Waals surface area contributed by atoms with Crippen LogP contribution in [0.5, 0.6) is 11.5 Å². The minimum atomic E-state index is -0.0755. The van der Waals surface area contributed by atoms with Gasteiger partial charge in [-0.3, -0.25) is 9.59 Å². The Morgan fingerprint density at radius 1 is 1.11 bits per heavy atom. The molecule has 1 aromatic carbocycles. The van der Waals surface area contributed by atoms with Crippen molar-refractivity contribution in [1.82, 2.24) is 10.2 Å². The van der Waals surface area contributed by atoms with Gasteiger partial charge in [-0.05, 0) is 53.7 Å². The van der Waals surface area contributed by atoms with Crippen molar-refractivity contribution in [2.45, 2.75) is 39.7 Å². The summed E-state index contributed by atoms with van der Waals surface area (Å²) in [6, 6.07) is 3.57. The van der Waals surface area contributed by atoms with Crippen LogP contribution in [0.2, 0.25) is 0 Å². The second-order valence-corrected chi connectivity index (χ2v) is 8.10. The van der Waals surface area contributed by atoms with Gasteiger partial charge in [0.25, 0.3) is 5.91 Å². The van der Waals surface area contributed by atoms with Crippen LogP contribution in [0.15, 0.2) is 16.6 Å². The van der Waals surface area contributed by atoms with Gasteiger partial charge >= 0.3 is 0 Å². The Bertz CT molecular complexity index is 660. The topological polar surface area (TPSA) is 67.9 Å². The SMILES string of the molecule is COc1cc(C(=O)N2CCC(C(=O)NC(C)C(C)C)CC2)cc(OC)c1Br. The number of benzene rings is 1. The number of amides is 2. The number of nitrogens with zero attached hydrogens (tertiary/aromatic N) is 1. The summed E-state index contributed by atoms with van der Waals surface area (Å²) in [5.41, 5.74) is 0.517. The molecule has 1 atom stereocenters. The fraction of sp³-hybridized carbons (Fsp3) is 0.600. The van der Waals surface area contributed by atoms with Crippen LogP contribution in [0, 0.1) is 11.8 Å². The lowest BCUT2D eigenvalue weighted by Gasteiger charge is -2.32. The molecule has 1 aromatic rings. The molecule has 6 nitrogen and oxygen atoms in total. The molecule has 7 heteroatoms. The predicted molar refractivity (Wildman–Crippen MR) is 108 cm³/mol. The molecule has 150 valence electrons. The van der Waals surface area contributed by atoms with Gasteiger partial charge in [0, 0.05) is 30.6 Å². The van der Waals surface area contributed by atoms with Gasteiger partial charge in [-0.15, -0.1) is 0 Å². The Balaban J connectivity index is 2.02. The lowest BCUT2D eigenvalue weighted by Crippen LogP contribution is -2.45. The van der Waals surface area contributed by atoms with Crippen molar-refractivity contribution in [3.05, 3.63) is 22.2 Å². The maximum Gasteiger partial charge on any atom is 0.254 e. The Morgan fingerprint density at radius 2 is 1.63 bits per heavy atom. The van der Waals surface area contributed by atoms with Gasteiger partial charge in [-0.25, -0.2) is 0 Å². The van der Waals surface area contributed by atoms with Crippen LogP contribution in [0.3, 0.4) is 0 Å². The Labute approximate surface area is 169 Å². The van der Waals surface area contributed by atoms with E-state index < -0.39 is 0 Å². The fourth-order valence-corrected chi connectivity index (χ4v) is 3.58. The Kier molecular flexibility index (Phi) is 7.53. The minimum Gasteiger partial charge on any atom is -0.495 e. The number of carbonyl (C=O) groups excluding carboxylic acids is 2. The maximum atomic E-state index is 12.9. The second kappa shape index (κ2) is 9.44. The molecular weight excluding hydrogens is 412 g/mol. The van der Waals surface area contributed by atoms with Gasteiger partial charge < -0.3 is 19.7 Å². The first-order valence-electron chi connectivity index (χ1n) is 9.29. The molecule has 2 rings (SSSR count). The molecule has 0 spiro atoms. The second-order valence-electron chi connectivity index (χ2n) is 7.30. The van der Waals surface area contributed by atoms with E-state index >= 15 is 0 Å². The van der Waals surface area contributed by atoms with Crippen LogP contribution in [-0.4, -0.2) is 50.1 Å². The molecule has 1 fully saturated rings. The number of hydrogen-bond donors (Lipinski definition) is 1. The number of likely N-dealkylation sites (tertiary alicyclic amines) is 1. The lowest BCUT2D eigenvalue weighted by molar-refractivity contribution is -0.127. The molecule has 1 saturated heterocycles. The molecule has 1 unspecified atom stereocenters. The number of nitrogens with one attached hydrogen (secondary N) is 1. The van der Waals surface area contributed by atoms with Crippen LogP contribution in [0.4, 0.5) is 0 Å². The number of piperidine rings is 1. The highest BCUT2D eigenvalue weighted by atomic mass is 79.9. The van der Waals surface area contributed by atoms with Gasteiger partial charge in [0.1, 0.15) is 16.0 Å². The molecular formula is C20H29BrN2O4. The molecule has 1 N–H and O–H groups in total. The van der Waals surface area contributed by atoms with E-state index in [1.807, 2.05) is 6.92 Å². The molecule has 1 aliphatic heterocycles. The standard InChI is InChI=1S/C20H29BrN2O4/c1-12(2)13(3)22-19(24)14-6-8-23(9-7-14)20(25)15-10-16(26-4)18(21)17(11-15)27-5/h10-14H,6-9H2,1-5H3,(H,22,24). The zero-order chi connectivity index (χ0) is 20.1. The Morgan fingerprint density at radius 3 is 2.07 bits per heavy atom. The first-order chi connectivity index (χ1) is 12.8. The van der Waals surface area contributed by atoms with Crippen molar-refractivity contribution in [3.63, 3.8) is 0 Å². The third-order valence-electron chi connectivity index (χ3n) is 5.22. The first-order valence-corrected chi connectivity index (χ1v) is 10.1. The summed E-state index contributed by atoms with van der Waals surface area (Å²) < 4.78 is 11.3. The first kappa shape index (κ1) is 21.5. The average Bonchev–Trinajstić information content (AvgIpc) is 2.67. The normalized spacial score (nSPS) is 16.2. The summed E-state index contributed by atoms with van der Waals surface area (Å²) in [7, 11) is 3.10. The van der Waals surface area contributed by atoms with Gasteiger partial charge in [-0.2, -0.15) is 0 Å². The summed E-state index contributed by atoms with van der Waals surface area (Å²) in [5, 5.41) is 3.08. The summed E-state index contributed by atoms with van der Waals surface area (Å²) in [4.78, 5) is 27.1. The number of halogens is 1. The highest BCUT2D eigenvalue weighted by molar-refractivity contribution is 9.10. The Hall–Kier alpha value is -1.76. The summed E-state index contributed by atoms with van der Waals surface area (Å²) in [6.07, 6.45) is 1.35. The van der Waals surface area contributed by atoms with Crippen molar-refractivity contribution >= 4 is 27.7 Å². The summed E-state index contributed by atoms with van der Waals surface area (Å²) in [5.74, 6) is 1.48. The highest BCUT2D eigenvalue weighted by Gasteiger charge is 2.29. The fourth-order valence-electron chi connectivity index (χ4n) is 3.03. The quantitative estimate of drug-likeness (QED) is 0.734. The molecule has 0 aliphatic carbocycles. The van der Waals surface area contributed by atoms with Crippen LogP contribution in [-0.2, 0) is 4.79 Å². The van der Waals surface area contributed by atoms with E-state index in [0.717, 1.165) is 0 Å². The van der Waals surface area contributed by atoms with Crippen LogP contribution < -0.4 is 14.8 Å². The molecule has 0 bridgehead atoms. The third kappa shape index (κ3) is 5.15. The van der Waals surface area contributed by atoms with Crippen molar-refractivity contribution in [3.8, 4) is 11.5 Å². The number of hydrogen-bond acceptors (Lipinski definition) is 4. The lowest BCUT2D eigenvalue weighted by atomic mass is 9.94. The van der Waals surface area contributed by atoms with E-state index in [4.69, 9.17) is 9.47 Å². The molecule has 0 saturated carbocycles. The molecule has 27 heavy (non-hydrogen) atoms. The molecule has 0 radical (unpaired) electrons. The van der Waals surface area contributed by atoms with Gasteiger partial charge in [0.15, 0.2) is 0 Å². The van der Waals surface area contributed by atoms with Crippen molar-refractivity contribution in [1.29, 1.82) is 0 Å². The molecule has 0 aromatic heterocycles. The van der Waals surface area contributed by atoms with E-state index in [9.17, 15) is 9.59 Å². The van der Waals surface area contributed by atoms with E-state index in [0.29, 0.717) is 53.4 Å². The molecule has 2 amide bonds. The van der Waals surface area contributed by atoms with Gasteiger partial charge in [0.05, 0.1) is 14.2 Å². The number of carbonyl (C=O) groups is 2. The maximum absolute atomic E-state index is 12.9. The molecule has 1 heterocycles. The monoisotopic (exact) mass is 440 g/mol. The largest absolute Gasteiger partial charge is 0.495 e. The number of ether oxygens (including phenoxy) is 2. The van der Waals surface area contributed by atoms with E-state index in [1.165, 1.54) is 0 Å². The molecule has 1 aliphatic rings. The smallest absolute Gasteiger partial charge is 0.254 e. The van der Waals surface area contributed by atoms with Gasteiger partial charge in [0.2, 0.25) is 5.91 Å². The van der Waals surface area contributed by atoms with Crippen molar-refractivity contribution < 1.29 is 19.1 Å². The number of rotatable bonds is 6. The van der Waals surface area contributed by atoms with E-state index in [2.05, 4.69) is 35.1 Å². The minimum absolute atomic E-state index is 0.0377. The summed E-state index contributed by atoms with van der Waals surface area (Å²) in [6.45, 7) is 7.33. The third-order valence-corrected chi connectivity index (χ3v) is 6.00. The van der Waals surface area contributed by atoms with Crippen LogP contribution in [0.1, 0.15) is 44.0 Å². The highest BCUT2D eigenvalue weighted by Crippen LogP contribution is 2.36. The number of methoxy groups -OCH3 is 2. The average molecular weight is 441 g/mol. The van der Waals surface area contributed by atoms with Crippen LogP contribution >= 0.6 is 15.9 Å². The van der Waals surface area contributed by atoms with Gasteiger partial charge in [-0.1, -0.05) is 13.8 Å². The zero-order valence-electron chi connectivity index (χ0n) is 16.7. The zero-order valence-corrected chi connectivity index (χ0v) is 18.3. The van der Waals surface area contributed by atoms with E-state index in [1.54, 1.807) is 31.3 Å². The predicted octanol–water partition coefficient (Wildman–Crippen LogP) is 3.48.